The standard InChI is InChI=1S/C11H13N3O4/c12-9(15)6-13-11(18)14(7-10(16)17)8-4-2-1-3-5-8/h1-5H,6-7H2,(H2,12,15)(H,13,18)(H,16,17). The molecule has 7 nitrogen and oxygen atoms in total. The number of amides is 3. The lowest BCUT2D eigenvalue weighted by molar-refractivity contribution is -0.135. The van der Waals surface area contributed by atoms with Gasteiger partial charge < -0.3 is 16.2 Å². The lowest BCUT2D eigenvalue weighted by Gasteiger charge is -2.20. The lowest BCUT2D eigenvalue weighted by Crippen LogP contribution is -2.45. The fourth-order valence-corrected chi connectivity index (χ4v) is 1.28. The second kappa shape index (κ2) is 6.24. The summed E-state index contributed by atoms with van der Waals surface area (Å²) in [5.74, 6) is -1.86. The molecule has 1 aromatic rings. The molecule has 0 atom stereocenters. The van der Waals surface area contributed by atoms with Crippen molar-refractivity contribution in [2.24, 2.45) is 5.73 Å². The van der Waals surface area contributed by atoms with Crippen LogP contribution in [0, 0.1) is 0 Å². The number of para-hydroxylation sites is 1. The molecule has 18 heavy (non-hydrogen) atoms. The van der Waals surface area contributed by atoms with Crippen molar-refractivity contribution >= 4 is 23.6 Å². The Bertz CT molecular complexity index is 447. The van der Waals surface area contributed by atoms with Crippen LogP contribution in [-0.2, 0) is 9.59 Å². The van der Waals surface area contributed by atoms with E-state index in [0.717, 1.165) is 4.90 Å². The van der Waals surface area contributed by atoms with Gasteiger partial charge in [-0.25, -0.2) is 4.79 Å². The highest BCUT2D eigenvalue weighted by Gasteiger charge is 2.18. The second-order valence-electron chi connectivity index (χ2n) is 3.44. The van der Waals surface area contributed by atoms with Gasteiger partial charge in [0.05, 0.1) is 6.54 Å². The van der Waals surface area contributed by atoms with Crippen LogP contribution in [0.1, 0.15) is 0 Å². The van der Waals surface area contributed by atoms with Gasteiger partial charge in [-0.15, -0.1) is 0 Å². The Balaban J connectivity index is 2.81. The number of hydrogen-bond acceptors (Lipinski definition) is 3. The van der Waals surface area contributed by atoms with E-state index in [-0.39, 0.29) is 6.54 Å². The van der Waals surface area contributed by atoms with Crippen LogP contribution < -0.4 is 16.0 Å². The number of benzene rings is 1. The molecule has 0 aromatic heterocycles. The molecule has 0 spiro atoms. The molecule has 0 radical (unpaired) electrons. The highest BCUT2D eigenvalue weighted by molar-refractivity contribution is 5.97. The number of carboxylic acid groups (broad SMARTS) is 1. The van der Waals surface area contributed by atoms with E-state index in [0.29, 0.717) is 5.69 Å². The number of nitrogens with two attached hydrogens (primary N) is 1. The first-order valence-electron chi connectivity index (χ1n) is 5.11. The average molecular weight is 251 g/mol. The number of primary amides is 1. The van der Waals surface area contributed by atoms with Crippen molar-refractivity contribution in [1.29, 1.82) is 0 Å². The first kappa shape index (κ1) is 13.5. The zero-order valence-corrected chi connectivity index (χ0v) is 9.50. The van der Waals surface area contributed by atoms with E-state index >= 15 is 0 Å². The largest absolute Gasteiger partial charge is 0.480 e. The summed E-state index contributed by atoms with van der Waals surface area (Å²) in [6, 6.07) is 7.57. The molecule has 0 saturated carbocycles. The van der Waals surface area contributed by atoms with Gasteiger partial charge in [-0.2, -0.15) is 0 Å². The predicted octanol–water partition coefficient (Wildman–Crippen LogP) is -0.227. The fourth-order valence-electron chi connectivity index (χ4n) is 1.28. The highest BCUT2D eigenvalue weighted by atomic mass is 16.4. The number of carboxylic acids is 1. The summed E-state index contributed by atoms with van der Waals surface area (Å²) in [5.41, 5.74) is 5.31. The number of nitrogens with zero attached hydrogens (tertiary/aromatic N) is 1. The van der Waals surface area contributed by atoms with Crippen LogP contribution in [0.25, 0.3) is 0 Å². The number of carbonyl (C=O) groups excluding carboxylic acids is 2. The number of aliphatic carboxylic acids is 1. The fraction of sp³-hybridized carbons (Fsp3) is 0.182. The lowest BCUT2D eigenvalue weighted by atomic mass is 10.3. The molecule has 96 valence electrons. The Morgan fingerprint density at radius 3 is 2.33 bits per heavy atom. The van der Waals surface area contributed by atoms with Gasteiger partial charge in [0.1, 0.15) is 6.54 Å². The monoisotopic (exact) mass is 251 g/mol. The summed E-state index contributed by atoms with van der Waals surface area (Å²) in [5, 5.41) is 11.0. The number of anilines is 1. The Labute approximate surface area is 103 Å². The van der Waals surface area contributed by atoms with E-state index < -0.39 is 24.5 Å². The number of urea groups is 1. The quantitative estimate of drug-likeness (QED) is 0.671. The van der Waals surface area contributed by atoms with E-state index in [2.05, 4.69) is 5.32 Å². The Kier molecular flexibility index (Phi) is 4.67. The molecule has 0 unspecified atom stereocenters. The van der Waals surface area contributed by atoms with E-state index in [1.807, 2.05) is 0 Å². The van der Waals surface area contributed by atoms with E-state index in [9.17, 15) is 14.4 Å². The number of nitrogens with one attached hydrogen (secondary N) is 1. The molecule has 0 fully saturated rings. The zero-order chi connectivity index (χ0) is 13.5. The predicted molar refractivity (Wildman–Crippen MR) is 64.0 cm³/mol. The van der Waals surface area contributed by atoms with Gasteiger partial charge in [0.2, 0.25) is 5.91 Å². The van der Waals surface area contributed by atoms with Crippen LogP contribution in [0.15, 0.2) is 30.3 Å². The normalized spacial score (nSPS) is 9.56. The summed E-state index contributed by atoms with van der Waals surface area (Å²) in [4.78, 5) is 34.0. The van der Waals surface area contributed by atoms with Crippen LogP contribution >= 0.6 is 0 Å². The maximum absolute atomic E-state index is 11.7. The molecule has 0 saturated heterocycles. The van der Waals surface area contributed by atoms with Gasteiger partial charge in [-0.1, -0.05) is 18.2 Å². The highest BCUT2D eigenvalue weighted by Crippen LogP contribution is 2.12. The molecule has 1 aromatic carbocycles. The molecular formula is C11H13N3O4. The second-order valence-corrected chi connectivity index (χ2v) is 3.44. The minimum Gasteiger partial charge on any atom is -0.480 e. The van der Waals surface area contributed by atoms with E-state index in [1.165, 1.54) is 0 Å². The minimum atomic E-state index is -1.16. The summed E-state index contributed by atoms with van der Waals surface area (Å²) in [6.45, 7) is -0.851. The van der Waals surface area contributed by atoms with Crippen LogP contribution in [-0.4, -0.2) is 36.1 Å². The summed E-state index contributed by atoms with van der Waals surface area (Å²) >= 11 is 0. The third-order valence-electron chi connectivity index (χ3n) is 2.02. The average Bonchev–Trinajstić information content (AvgIpc) is 2.34. The van der Waals surface area contributed by atoms with Crippen molar-refractivity contribution in [3.05, 3.63) is 30.3 Å². The molecule has 1 rings (SSSR count). The van der Waals surface area contributed by atoms with Gasteiger partial charge in [0.25, 0.3) is 0 Å². The summed E-state index contributed by atoms with van der Waals surface area (Å²) < 4.78 is 0. The van der Waals surface area contributed by atoms with Crippen molar-refractivity contribution in [3.63, 3.8) is 0 Å². The summed E-state index contributed by atoms with van der Waals surface area (Å²) in [7, 11) is 0. The summed E-state index contributed by atoms with van der Waals surface area (Å²) in [6.07, 6.45) is 0. The van der Waals surface area contributed by atoms with Gasteiger partial charge in [-0.3, -0.25) is 14.5 Å². The maximum atomic E-state index is 11.7. The van der Waals surface area contributed by atoms with Crippen molar-refractivity contribution in [1.82, 2.24) is 5.32 Å². The molecule has 0 aliphatic carbocycles. The first-order chi connectivity index (χ1) is 8.50. The Hall–Kier alpha value is -2.57. The third-order valence-corrected chi connectivity index (χ3v) is 2.02. The SMILES string of the molecule is NC(=O)CNC(=O)N(CC(=O)O)c1ccccc1. The molecule has 0 aliphatic heterocycles. The zero-order valence-electron chi connectivity index (χ0n) is 9.50. The van der Waals surface area contributed by atoms with Gasteiger partial charge >= 0.3 is 12.0 Å². The molecule has 4 N–H and O–H groups in total. The first-order valence-corrected chi connectivity index (χ1v) is 5.11. The topological polar surface area (TPSA) is 113 Å². The van der Waals surface area contributed by atoms with Crippen molar-refractivity contribution < 1.29 is 19.5 Å². The molecule has 0 bridgehead atoms. The minimum absolute atomic E-state index is 0.345. The van der Waals surface area contributed by atoms with Crippen molar-refractivity contribution in [3.8, 4) is 0 Å². The third kappa shape index (κ3) is 4.12. The molecule has 7 heteroatoms. The van der Waals surface area contributed by atoms with E-state index in [1.54, 1.807) is 30.3 Å². The van der Waals surface area contributed by atoms with Crippen LogP contribution in [0.3, 0.4) is 0 Å². The number of hydrogen-bond donors (Lipinski definition) is 3. The van der Waals surface area contributed by atoms with Crippen molar-refractivity contribution in [2.45, 2.75) is 0 Å². The van der Waals surface area contributed by atoms with Gasteiger partial charge in [-0.05, 0) is 12.1 Å². The Morgan fingerprint density at radius 1 is 1.22 bits per heavy atom. The number of carbonyl (C=O) groups is 3. The number of rotatable bonds is 5. The maximum Gasteiger partial charge on any atom is 0.323 e. The molecule has 0 aliphatic rings. The van der Waals surface area contributed by atoms with Crippen LogP contribution in [0.5, 0.6) is 0 Å². The molecular weight excluding hydrogens is 238 g/mol. The van der Waals surface area contributed by atoms with Crippen molar-refractivity contribution in [2.75, 3.05) is 18.0 Å². The molecule has 3 amide bonds. The van der Waals surface area contributed by atoms with Crippen LogP contribution in [0.4, 0.5) is 10.5 Å². The van der Waals surface area contributed by atoms with Gasteiger partial charge in [0, 0.05) is 5.69 Å². The smallest absolute Gasteiger partial charge is 0.323 e. The van der Waals surface area contributed by atoms with Crippen LogP contribution in [0.2, 0.25) is 0 Å². The van der Waals surface area contributed by atoms with Gasteiger partial charge in [0.15, 0.2) is 0 Å². The Morgan fingerprint density at radius 2 is 1.83 bits per heavy atom. The van der Waals surface area contributed by atoms with E-state index in [4.69, 9.17) is 10.8 Å². The molecule has 0 heterocycles.